The van der Waals surface area contributed by atoms with E-state index in [9.17, 15) is 77.3 Å². The summed E-state index contributed by atoms with van der Waals surface area (Å²) in [6, 6.07) is 0.805. The average Bonchev–Trinajstić information content (AvgIpc) is 1.34. The highest BCUT2D eigenvalue weighted by molar-refractivity contribution is 6.00. The van der Waals surface area contributed by atoms with Crippen LogP contribution in [0.25, 0.3) is 0 Å². The van der Waals surface area contributed by atoms with Crippen LogP contribution >= 0.6 is 0 Å². The van der Waals surface area contributed by atoms with Crippen molar-refractivity contribution < 1.29 is 86.8 Å². The van der Waals surface area contributed by atoms with E-state index in [1.54, 1.807) is 76.2 Å². The van der Waals surface area contributed by atoms with E-state index in [0.29, 0.717) is 35.5 Å². The van der Waals surface area contributed by atoms with Crippen LogP contribution in [0, 0.1) is 11.8 Å². The minimum Gasteiger partial charge on any atom is -0.494 e. The molecule has 0 radical (unpaired) electrons. The number of amides is 12. The molecule has 0 spiro atoms. The summed E-state index contributed by atoms with van der Waals surface area (Å²) in [7, 11) is 0. The molecule has 12 amide bonds. The van der Waals surface area contributed by atoms with Gasteiger partial charge in [-0.2, -0.15) is 0 Å². The van der Waals surface area contributed by atoms with Crippen molar-refractivity contribution in [2.45, 2.75) is 159 Å². The summed E-state index contributed by atoms with van der Waals surface area (Å²) in [5.74, 6) is -12.9. The van der Waals surface area contributed by atoms with E-state index in [0.717, 1.165) is 0 Å². The molecule has 9 atom stereocenters. The molecule has 2 heterocycles. The quantitative estimate of drug-likeness (QED) is 0.0184. The molecule has 2 aromatic rings. The molecule has 24 N–H and O–H groups in total. The number of aliphatic imine (C=N–C) groups is 2. The lowest BCUT2D eigenvalue weighted by molar-refractivity contribution is -0.141. The first-order valence-corrected chi connectivity index (χ1v) is 32.6. The molecule has 2 fully saturated rings. The number of nitrogens with zero attached hydrogens (tertiary/aromatic N) is 2. The number of carbonyl (C=O) groups is 14. The van der Waals surface area contributed by atoms with Crippen LogP contribution < -0.4 is 102 Å². The fraction of sp³-hybridized carbons (Fsp3) is 0.556. The predicted octanol–water partition coefficient (Wildman–Crippen LogP) is -6.14. The number of nitrogens with two attached hydrogens (primary N) is 5. The van der Waals surface area contributed by atoms with Gasteiger partial charge in [-0.1, -0.05) is 52.0 Å². The normalized spacial score (nSPS) is 21.0. The molecule has 0 aromatic heterocycles. The molecule has 4 rings (SSSR count). The third-order valence-corrected chi connectivity index (χ3v) is 15.4. The maximum atomic E-state index is 14.0. The Morgan fingerprint density at radius 1 is 0.490 bits per heavy atom. The van der Waals surface area contributed by atoms with Crippen LogP contribution in [-0.4, -0.2) is 212 Å². The molecule has 550 valence electrons. The maximum Gasteiger partial charge on any atom is 0.305 e. The summed E-state index contributed by atoms with van der Waals surface area (Å²) in [6.45, 7) is 6.15. The minimum atomic E-state index is -1.67. The molecular formula is C63H95N19O18. The van der Waals surface area contributed by atoms with Crippen LogP contribution in [0.1, 0.15) is 103 Å². The molecule has 2 aliphatic rings. The summed E-state index contributed by atoms with van der Waals surface area (Å²) < 4.78 is 11.7. The summed E-state index contributed by atoms with van der Waals surface area (Å²) in [5, 5.41) is 49.6. The first-order chi connectivity index (χ1) is 47.4. The zero-order valence-corrected chi connectivity index (χ0v) is 56.3. The lowest BCUT2D eigenvalue weighted by atomic mass is 9.99. The fourth-order valence-electron chi connectivity index (χ4n) is 9.96. The van der Waals surface area contributed by atoms with Crippen molar-refractivity contribution in [3.05, 3.63) is 59.7 Å². The molecule has 2 saturated heterocycles. The van der Waals surface area contributed by atoms with Crippen LogP contribution in [-0.2, 0) is 80.0 Å². The summed E-state index contributed by atoms with van der Waals surface area (Å²) in [4.78, 5) is 192. The van der Waals surface area contributed by atoms with Crippen LogP contribution in [0.2, 0.25) is 0 Å². The zero-order valence-electron chi connectivity index (χ0n) is 56.3. The number of ether oxygens (including phenoxy) is 2. The number of hydrogen-bond donors (Lipinski definition) is 19. The van der Waals surface area contributed by atoms with Crippen molar-refractivity contribution in [3.8, 4) is 11.5 Å². The second kappa shape index (κ2) is 42.0. The average molecular weight is 1410 g/mol. The summed E-state index contributed by atoms with van der Waals surface area (Å²) in [6.07, 6.45) is -0.868. The van der Waals surface area contributed by atoms with Gasteiger partial charge in [-0.25, -0.2) is 0 Å². The van der Waals surface area contributed by atoms with E-state index in [1.165, 1.54) is 0 Å². The molecule has 2 aromatic carbocycles. The van der Waals surface area contributed by atoms with E-state index in [-0.39, 0.29) is 109 Å². The van der Waals surface area contributed by atoms with Crippen molar-refractivity contribution in [3.63, 3.8) is 0 Å². The third kappa shape index (κ3) is 30.3. The summed E-state index contributed by atoms with van der Waals surface area (Å²) in [5.41, 5.74) is 28.7. The Hall–Kier alpha value is -10.9. The predicted molar refractivity (Wildman–Crippen MR) is 359 cm³/mol. The van der Waals surface area contributed by atoms with Crippen LogP contribution in [0.15, 0.2) is 58.5 Å². The Kier molecular flexibility index (Phi) is 34.3. The first kappa shape index (κ1) is 81.5. The number of benzene rings is 2. The van der Waals surface area contributed by atoms with Gasteiger partial charge in [-0.3, -0.25) is 77.1 Å². The number of guanidine groups is 2. The van der Waals surface area contributed by atoms with Crippen molar-refractivity contribution in [2.24, 2.45) is 50.5 Å². The number of rotatable bonds is 32. The van der Waals surface area contributed by atoms with Gasteiger partial charge < -0.3 is 112 Å². The van der Waals surface area contributed by atoms with E-state index >= 15 is 0 Å². The zero-order chi connectivity index (χ0) is 74.0. The first-order valence-electron chi connectivity index (χ1n) is 32.6. The topological polar surface area (TPSA) is 597 Å². The van der Waals surface area contributed by atoms with E-state index in [4.69, 9.17) is 38.1 Å². The number of carboxylic acids is 2. The Bertz CT molecular complexity index is 3230. The molecule has 1 unspecified atom stereocenters. The lowest BCUT2D eigenvalue weighted by Gasteiger charge is -2.27. The summed E-state index contributed by atoms with van der Waals surface area (Å²) >= 11 is 0. The molecule has 37 nitrogen and oxygen atoms in total. The van der Waals surface area contributed by atoms with Gasteiger partial charge in [-0.15, -0.1) is 0 Å². The molecule has 100 heavy (non-hydrogen) atoms. The molecular weight excluding hydrogens is 1310 g/mol. The van der Waals surface area contributed by atoms with Crippen molar-refractivity contribution in [1.82, 2.24) is 63.8 Å². The Morgan fingerprint density at radius 3 is 1.23 bits per heavy atom. The van der Waals surface area contributed by atoms with E-state index in [2.05, 4.69) is 73.8 Å². The van der Waals surface area contributed by atoms with Crippen LogP contribution in [0.3, 0.4) is 0 Å². The minimum absolute atomic E-state index is 0.0246. The van der Waals surface area contributed by atoms with Crippen molar-refractivity contribution in [1.29, 1.82) is 0 Å². The van der Waals surface area contributed by atoms with Gasteiger partial charge in [0.25, 0.3) is 0 Å². The van der Waals surface area contributed by atoms with Crippen molar-refractivity contribution >= 4 is 94.7 Å². The highest BCUT2D eigenvalue weighted by Crippen LogP contribution is 2.18. The standard InChI is InChI=1S/C63H95N19O18/c1-33(2)51-60(97)77-40(9-5-21-71-62(65)66)54(91)73-31-47(84)75-44(29-49(86)87)56(93)79-42(58(95)81-51)27-35-11-15-37(16-12-35)99-25-7-23-69-46(83)20-19-39(64)53(90)70-24-8-26-100-38-17-13-36(14-18-38)28-43-59(96)82-52(34(3)4)61(98)78-41(10-6-22-72-63(67)68)55(92)74-32-48(85)76-45(30-50(88)89)57(94)80-43/h11-18,33-34,39-45,51-52H,5-10,19-32,64H2,1-4H3,(H,69,83)(H,70,90)(H,73,91)(H,74,92)(H,75,84)(H,76,85)(H,77,97)(H,78,98)(H,79,93)(H,80,94)(H,81,95)(H,82,96)(H,86,87)(H,88,89)(H4,65,66,71)(H4,67,68,72)/t39?,40-,41-,42+,43+,44-,45-,51-,52-/m0/s1. The number of carboxylic acid groups (broad SMARTS) is 2. The SMILES string of the molecule is CC(C)[C@@H]1NC(=O)[C@@H](Cc2ccc(OCCCNC(=O)CCC(N)C(=O)NCCCOc3ccc(C[C@H]4NC(=O)[C@H](CC(=O)O)NC(=O)CNC(=O)[C@H](CCCN=C(N)N)NC(=O)[C@H](C(C)C)NC4=O)cc3)cc2)NC(=O)[C@H](CC(=O)O)NC(=O)CNC(=O)[C@H](CCCN=C(N)N)NC1=O. The van der Waals surface area contributed by atoms with Gasteiger partial charge in [0.2, 0.25) is 70.9 Å². The van der Waals surface area contributed by atoms with Gasteiger partial charge in [0.15, 0.2) is 11.9 Å². The number of nitrogens with one attached hydrogen (secondary N) is 12. The second-order valence-corrected chi connectivity index (χ2v) is 24.4. The Balaban J connectivity index is 1.25. The number of carbonyl (C=O) groups excluding carboxylic acids is 12. The lowest BCUT2D eigenvalue weighted by Crippen LogP contribution is -2.59. The fourth-order valence-corrected chi connectivity index (χ4v) is 9.96. The van der Waals surface area contributed by atoms with Gasteiger partial charge in [0.1, 0.15) is 59.8 Å². The molecule has 37 heteroatoms. The molecule has 0 saturated carbocycles. The Morgan fingerprint density at radius 2 is 0.860 bits per heavy atom. The molecule has 0 bridgehead atoms. The number of aliphatic carboxylic acids is 2. The third-order valence-electron chi connectivity index (χ3n) is 15.4. The van der Waals surface area contributed by atoms with Crippen LogP contribution in [0.4, 0.5) is 0 Å². The van der Waals surface area contributed by atoms with Gasteiger partial charge >= 0.3 is 11.9 Å². The highest BCUT2D eigenvalue weighted by atomic mass is 16.5. The van der Waals surface area contributed by atoms with Gasteiger partial charge in [-0.05, 0) is 92.2 Å². The Labute approximate surface area is 576 Å². The molecule has 0 aliphatic carbocycles. The van der Waals surface area contributed by atoms with E-state index < -0.39 is 169 Å². The monoisotopic (exact) mass is 1410 g/mol. The smallest absolute Gasteiger partial charge is 0.305 e. The highest BCUT2D eigenvalue weighted by Gasteiger charge is 2.37. The van der Waals surface area contributed by atoms with Crippen LogP contribution in [0.5, 0.6) is 11.5 Å². The second-order valence-electron chi connectivity index (χ2n) is 24.4. The van der Waals surface area contributed by atoms with Gasteiger partial charge in [0.05, 0.1) is 45.2 Å². The van der Waals surface area contributed by atoms with E-state index in [1.807, 2.05) is 0 Å². The largest absolute Gasteiger partial charge is 0.494 e. The van der Waals surface area contributed by atoms with Gasteiger partial charge in [0, 0.05) is 45.4 Å². The number of hydrogen-bond acceptors (Lipinski definition) is 19. The van der Waals surface area contributed by atoms with Crippen molar-refractivity contribution in [2.75, 3.05) is 52.5 Å². The maximum absolute atomic E-state index is 14.0. The molecule has 2 aliphatic heterocycles.